The van der Waals surface area contributed by atoms with Gasteiger partial charge in [0.1, 0.15) is 6.61 Å². The Balaban J connectivity index is 2.18. The number of carbonyl (C=O) groups excluding carboxylic acids is 1. The van der Waals surface area contributed by atoms with Crippen LogP contribution < -0.4 is 4.74 Å². The lowest BCUT2D eigenvalue weighted by atomic mass is 10.2. The van der Waals surface area contributed by atoms with Crippen molar-refractivity contribution in [1.82, 2.24) is 0 Å². The van der Waals surface area contributed by atoms with E-state index in [2.05, 4.69) is 0 Å². The quantitative estimate of drug-likeness (QED) is 0.792. The van der Waals surface area contributed by atoms with E-state index in [0.29, 0.717) is 11.8 Å². The van der Waals surface area contributed by atoms with Crippen LogP contribution in [0.25, 0.3) is 0 Å². The highest BCUT2D eigenvalue weighted by molar-refractivity contribution is 5.79. The van der Waals surface area contributed by atoms with Crippen LogP contribution >= 0.6 is 0 Å². The van der Waals surface area contributed by atoms with E-state index in [9.17, 15) is 18.0 Å². The molecule has 0 spiro atoms. The molecule has 2 aromatic rings. The molecule has 0 saturated heterocycles. The maximum absolute atomic E-state index is 13.5. The number of benzene rings is 2. The molecule has 0 heterocycles. The van der Waals surface area contributed by atoms with Gasteiger partial charge in [0.15, 0.2) is 29.5 Å². The first-order valence-corrected chi connectivity index (χ1v) is 5.42. The first kappa shape index (κ1) is 13.1. The monoisotopic (exact) mass is 266 g/mol. The van der Waals surface area contributed by atoms with Gasteiger partial charge in [-0.1, -0.05) is 12.1 Å². The fraction of sp³-hybridized carbons (Fsp3) is 0.0714. The summed E-state index contributed by atoms with van der Waals surface area (Å²) >= 11 is 0. The Morgan fingerprint density at radius 1 is 1.00 bits per heavy atom. The van der Waals surface area contributed by atoms with Gasteiger partial charge in [-0.2, -0.15) is 0 Å². The highest BCUT2D eigenvalue weighted by atomic mass is 19.2. The molecule has 19 heavy (non-hydrogen) atoms. The number of carbonyl (C=O) groups is 1. The van der Waals surface area contributed by atoms with Crippen molar-refractivity contribution in [3.63, 3.8) is 0 Å². The van der Waals surface area contributed by atoms with Gasteiger partial charge in [-0.25, -0.2) is 13.2 Å². The van der Waals surface area contributed by atoms with Crippen molar-refractivity contribution in [3.8, 4) is 5.75 Å². The Morgan fingerprint density at radius 2 is 1.79 bits per heavy atom. The summed E-state index contributed by atoms with van der Waals surface area (Å²) in [5.74, 6) is -2.87. The minimum Gasteiger partial charge on any atom is -0.485 e. The smallest absolute Gasteiger partial charge is 0.165 e. The molecule has 0 amide bonds. The maximum atomic E-state index is 13.5. The average molecular weight is 266 g/mol. The second-order valence-electron chi connectivity index (χ2n) is 3.81. The lowest BCUT2D eigenvalue weighted by Crippen LogP contribution is -2.01. The van der Waals surface area contributed by atoms with E-state index in [4.69, 9.17) is 4.74 Å². The maximum Gasteiger partial charge on any atom is 0.165 e. The predicted octanol–water partition coefficient (Wildman–Crippen LogP) is 3.50. The van der Waals surface area contributed by atoms with Crippen LogP contribution in [0.5, 0.6) is 5.75 Å². The van der Waals surface area contributed by atoms with Gasteiger partial charge in [-0.3, -0.25) is 4.79 Å². The summed E-state index contributed by atoms with van der Waals surface area (Å²) in [5, 5.41) is 0. The standard InChI is InChI=1S/C14H9F3O2/c15-11-5-4-9(6-13(11)17)8-19-14-10(7-18)2-1-3-12(14)16/h1-7H,8H2. The molecule has 0 fully saturated rings. The summed E-state index contributed by atoms with van der Waals surface area (Å²) < 4.78 is 44.3. The van der Waals surface area contributed by atoms with Gasteiger partial charge in [0, 0.05) is 0 Å². The molecule has 0 unspecified atom stereocenters. The van der Waals surface area contributed by atoms with Crippen LogP contribution in [0.3, 0.4) is 0 Å². The minimum atomic E-state index is -1.01. The Labute approximate surface area is 107 Å². The van der Waals surface area contributed by atoms with Gasteiger partial charge in [0.25, 0.3) is 0 Å². The molecule has 0 bridgehead atoms. The van der Waals surface area contributed by atoms with Crippen molar-refractivity contribution >= 4 is 6.29 Å². The fourth-order valence-electron chi connectivity index (χ4n) is 1.56. The van der Waals surface area contributed by atoms with Crippen molar-refractivity contribution in [2.24, 2.45) is 0 Å². The third kappa shape index (κ3) is 2.93. The van der Waals surface area contributed by atoms with Crippen LogP contribution in [-0.4, -0.2) is 6.29 Å². The second kappa shape index (κ2) is 5.56. The summed E-state index contributed by atoms with van der Waals surface area (Å²) in [7, 11) is 0. The lowest BCUT2D eigenvalue weighted by Gasteiger charge is -2.09. The number of hydrogen-bond acceptors (Lipinski definition) is 2. The molecule has 0 aliphatic rings. The van der Waals surface area contributed by atoms with E-state index in [1.54, 1.807) is 0 Å². The van der Waals surface area contributed by atoms with E-state index in [1.807, 2.05) is 0 Å². The summed E-state index contributed by atoms with van der Waals surface area (Å²) in [6.07, 6.45) is 0.462. The van der Waals surface area contributed by atoms with Crippen molar-refractivity contribution in [2.75, 3.05) is 0 Å². The zero-order chi connectivity index (χ0) is 13.8. The van der Waals surface area contributed by atoms with Crippen LogP contribution in [0.4, 0.5) is 13.2 Å². The van der Waals surface area contributed by atoms with Gasteiger partial charge in [0.05, 0.1) is 5.56 Å². The largest absolute Gasteiger partial charge is 0.485 e. The molecule has 2 aromatic carbocycles. The van der Waals surface area contributed by atoms with Crippen LogP contribution in [0, 0.1) is 17.5 Å². The summed E-state index contributed by atoms with van der Waals surface area (Å²) in [6.45, 7) is -0.168. The van der Waals surface area contributed by atoms with Crippen LogP contribution in [-0.2, 0) is 6.61 Å². The minimum absolute atomic E-state index is 0.0579. The number of para-hydroxylation sites is 1. The molecular weight excluding hydrogens is 257 g/mol. The molecule has 0 aliphatic carbocycles. The van der Waals surface area contributed by atoms with Gasteiger partial charge in [-0.15, -0.1) is 0 Å². The van der Waals surface area contributed by atoms with Crippen molar-refractivity contribution < 1.29 is 22.7 Å². The Hall–Kier alpha value is -2.30. The van der Waals surface area contributed by atoms with E-state index in [-0.39, 0.29) is 17.9 Å². The van der Waals surface area contributed by atoms with Crippen LogP contribution in [0.1, 0.15) is 15.9 Å². The third-order valence-corrected chi connectivity index (χ3v) is 2.49. The molecule has 0 aromatic heterocycles. The second-order valence-corrected chi connectivity index (χ2v) is 3.81. The van der Waals surface area contributed by atoms with E-state index in [0.717, 1.165) is 18.2 Å². The zero-order valence-corrected chi connectivity index (χ0v) is 9.70. The molecule has 0 aliphatic heterocycles. The summed E-state index contributed by atoms with van der Waals surface area (Å²) in [4.78, 5) is 10.7. The summed E-state index contributed by atoms with van der Waals surface area (Å²) in [6, 6.07) is 7.15. The van der Waals surface area contributed by atoms with Gasteiger partial charge >= 0.3 is 0 Å². The Kier molecular flexibility index (Phi) is 3.85. The molecule has 0 atom stereocenters. The zero-order valence-electron chi connectivity index (χ0n) is 9.70. The third-order valence-electron chi connectivity index (χ3n) is 2.49. The van der Waals surface area contributed by atoms with Crippen LogP contribution in [0.2, 0.25) is 0 Å². The fourth-order valence-corrected chi connectivity index (χ4v) is 1.56. The van der Waals surface area contributed by atoms with Crippen molar-refractivity contribution in [2.45, 2.75) is 6.61 Å². The van der Waals surface area contributed by atoms with Gasteiger partial charge < -0.3 is 4.74 Å². The molecule has 5 heteroatoms. The lowest BCUT2D eigenvalue weighted by molar-refractivity contribution is 0.111. The number of hydrogen-bond donors (Lipinski definition) is 0. The number of halogens is 3. The van der Waals surface area contributed by atoms with E-state index in [1.165, 1.54) is 18.2 Å². The predicted molar refractivity (Wildman–Crippen MR) is 62.5 cm³/mol. The van der Waals surface area contributed by atoms with Gasteiger partial charge in [0.2, 0.25) is 0 Å². The number of rotatable bonds is 4. The normalized spacial score (nSPS) is 10.3. The molecule has 0 radical (unpaired) electrons. The Morgan fingerprint density at radius 3 is 2.47 bits per heavy atom. The van der Waals surface area contributed by atoms with Crippen molar-refractivity contribution in [1.29, 1.82) is 0 Å². The van der Waals surface area contributed by atoms with E-state index < -0.39 is 17.5 Å². The van der Waals surface area contributed by atoms with Crippen LogP contribution in [0.15, 0.2) is 36.4 Å². The first-order chi connectivity index (χ1) is 9.11. The molecular formula is C14H9F3O2. The SMILES string of the molecule is O=Cc1cccc(F)c1OCc1ccc(F)c(F)c1. The van der Waals surface area contributed by atoms with Gasteiger partial charge in [-0.05, 0) is 29.8 Å². The molecule has 2 rings (SSSR count). The van der Waals surface area contributed by atoms with Crippen molar-refractivity contribution in [3.05, 3.63) is 65.0 Å². The average Bonchev–Trinajstić information content (AvgIpc) is 2.41. The highest BCUT2D eigenvalue weighted by Gasteiger charge is 2.10. The number of ether oxygens (including phenoxy) is 1. The van der Waals surface area contributed by atoms with E-state index >= 15 is 0 Å². The molecule has 0 N–H and O–H groups in total. The number of aldehydes is 1. The topological polar surface area (TPSA) is 26.3 Å². The molecule has 98 valence electrons. The molecule has 0 saturated carbocycles. The highest BCUT2D eigenvalue weighted by Crippen LogP contribution is 2.22. The molecule has 2 nitrogen and oxygen atoms in total. The first-order valence-electron chi connectivity index (χ1n) is 5.42. The Bertz CT molecular complexity index is 612. The summed E-state index contributed by atoms with van der Waals surface area (Å²) in [5.41, 5.74) is 0.390.